The molecule has 1 aromatic heterocycles. The minimum Gasteiger partial charge on any atom is -0.338 e. The van der Waals surface area contributed by atoms with Crippen molar-refractivity contribution in [3.8, 4) is 0 Å². The molecule has 1 aliphatic heterocycles. The lowest BCUT2D eigenvalue weighted by Gasteiger charge is -2.22. The van der Waals surface area contributed by atoms with E-state index < -0.39 is 0 Å². The molecule has 5 heteroatoms. The first kappa shape index (κ1) is 15.3. The van der Waals surface area contributed by atoms with Crippen LogP contribution in [0.4, 0.5) is 0 Å². The number of aromatic nitrogens is 2. The Hall–Kier alpha value is -1.65. The summed E-state index contributed by atoms with van der Waals surface area (Å²) in [5.74, 6) is 1.17. The lowest BCUT2D eigenvalue weighted by atomic mass is 9.82. The second-order valence-corrected chi connectivity index (χ2v) is 6.57. The van der Waals surface area contributed by atoms with Gasteiger partial charge in [-0.1, -0.05) is 26.7 Å². The van der Waals surface area contributed by atoms with Gasteiger partial charge in [-0.2, -0.15) is 5.10 Å². The van der Waals surface area contributed by atoms with Gasteiger partial charge in [-0.05, 0) is 43.1 Å². The van der Waals surface area contributed by atoms with Crippen LogP contribution >= 0.6 is 0 Å². The summed E-state index contributed by atoms with van der Waals surface area (Å²) in [7, 11) is 0. The summed E-state index contributed by atoms with van der Waals surface area (Å²) in [4.78, 5) is 27.1. The zero-order chi connectivity index (χ0) is 15.7. The quantitative estimate of drug-likeness (QED) is 0.930. The van der Waals surface area contributed by atoms with Crippen LogP contribution < -0.4 is 5.56 Å². The van der Waals surface area contributed by atoms with Crippen molar-refractivity contribution in [1.29, 1.82) is 0 Å². The Morgan fingerprint density at radius 3 is 2.36 bits per heavy atom. The predicted molar refractivity (Wildman–Crippen MR) is 85.0 cm³/mol. The first-order chi connectivity index (χ1) is 10.7. The number of H-pyrrole nitrogens is 1. The summed E-state index contributed by atoms with van der Waals surface area (Å²) in [6, 6.07) is 0. The molecule has 0 spiro atoms. The molecule has 2 heterocycles. The Labute approximate surface area is 131 Å². The van der Waals surface area contributed by atoms with Crippen molar-refractivity contribution in [1.82, 2.24) is 15.1 Å². The fourth-order valence-corrected chi connectivity index (χ4v) is 4.15. The zero-order valence-electron chi connectivity index (χ0n) is 13.5. The van der Waals surface area contributed by atoms with Gasteiger partial charge in [0, 0.05) is 13.1 Å². The van der Waals surface area contributed by atoms with Crippen LogP contribution in [0, 0.1) is 11.8 Å². The second-order valence-electron chi connectivity index (χ2n) is 6.57. The van der Waals surface area contributed by atoms with Gasteiger partial charge in [-0.25, -0.2) is 5.10 Å². The molecule has 2 fully saturated rings. The van der Waals surface area contributed by atoms with E-state index in [4.69, 9.17) is 0 Å². The molecule has 3 rings (SSSR count). The van der Waals surface area contributed by atoms with Crippen LogP contribution in [-0.4, -0.2) is 34.1 Å². The lowest BCUT2D eigenvalue weighted by Crippen LogP contribution is -2.35. The molecule has 22 heavy (non-hydrogen) atoms. The van der Waals surface area contributed by atoms with Crippen molar-refractivity contribution in [2.45, 2.75) is 52.4 Å². The van der Waals surface area contributed by atoms with Gasteiger partial charge >= 0.3 is 0 Å². The fourth-order valence-electron chi connectivity index (χ4n) is 4.15. The molecule has 5 nitrogen and oxygen atoms in total. The number of fused-ring (bicyclic) bond motifs is 1. The van der Waals surface area contributed by atoms with Gasteiger partial charge in [0.1, 0.15) is 5.56 Å². The lowest BCUT2D eigenvalue weighted by molar-refractivity contribution is 0.0780. The van der Waals surface area contributed by atoms with Crippen LogP contribution in [0.5, 0.6) is 0 Å². The smallest absolute Gasteiger partial charge is 0.277 e. The van der Waals surface area contributed by atoms with Gasteiger partial charge in [-0.3, -0.25) is 9.59 Å². The standard InChI is InChI=1S/C17H25N3O2/c1-3-13-14(4-2)18-19-16(21)15(13)17(22)20-9-11-7-5-6-8-12(11)10-20/h11-12H,3-10H2,1-2H3,(H,19,21). The van der Waals surface area contributed by atoms with E-state index in [-0.39, 0.29) is 11.5 Å². The zero-order valence-corrected chi connectivity index (χ0v) is 13.5. The van der Waals surface area contributed by atoms with Crippen molar-refractivity contribution in [2.24, 2.45) is 11.8 Å². The molecule has 0 aromatic carbocycles. The molecule has 1 saturated heterocycles. The highest BCUT2D eigenvalue weighted by molar-refractivity contribution is 5.95. The highest BCUT2D eigenvalue weighted by Crippen LogP contribution is 2.36. The summed E-state index contributed by atoms with van der Waals surface area (Å²) < 4.78 is 0. The fraction of sp³-hybridized carbons (Fsp3) is 0.706. The number of carbonyl (C=O) groups is 1. The Morgan fingerprint density at radius 1 is 1.18 bits per heavy atom. The van der Waals surface area contributed by atoms with Crippen molar-refractivity contribution < 1.29 is 4.79 Å². The second kappa shape index (κ2) is 6.23. The maximum atomic E-state index is 12.9. The van der Waals surface area contributed by atoms with Crippen LogP contribution in [0.15, 0.2) is 4.79 Å². The third kappa shape index (κ3) is 2.57. The Balaban J connectivity index is 1.91. The van der Waals surface area contributed by atoms with E-state index in [1.165, 1.54) is 25.7 Å². The Bertz CT molecular complexity index is 609. The number of hydrogen-bond donors (Lipinski definition) is 1. The number of nitrogens with one attached hydrogen (secondary N) is 1. The maximum absolute atomic E-state index is 12.9. The van der Waals surface area contributed by atoms with E-state index in [1.807, 2.05) is 18.7 Å². The van der Waals surface area contributed by atoms with E-state index >= 15 is 0 Å². The minimum atomic E-state index is -0.339. The number of amides is 1. The molecule has 120 valence electrons. The monoisotopic (exact) mass is 303 g/mol. The van der Waals surface area contributed by atoms with E-state index in [1.54, 1.807) is 0 Å². The number of nitrogens with zero attached hydrogens (tertiary/aromatic N) is 2. The molecule has 1 saturated carbocycles. The SMILES string of the molecule is CCc1n[nH]c(=O)c(C(=O)N2CC3CCCCC3C2)c1CC. The highest BCUT2D eigenvalue weighted by Gasteiger charge is 2.37. The maximum Gasteiger partial charge on any atom is 0.277 e. The molecular weight excluding hydrogens is 278 g/mol. The molecule has 1 N–H and O–H groups in total. The topological polar surface area (TPSA) is 66.1 Å². The largest absolute Gasteiger partial charge is 0.338 e. The summed E-state index contributed by atoms with van der Waals surface area (Å²) in [5.41, 5.74) is 1.65. The van der Waals surface area contributed by atoms with Gasteiger partial charge in [-0.15, -0.1) is 0 Å². The summed E-state index contributed by atoms with van der Waals surface area (Å²) in [6.45, 7) is 5.61. The predicted octanol–water partition coefficient (Wildman–Crippen LogP) is 2.16. The average Bonchev–Trinajstić information content (AvgIpc) is 2.97. The Morgan fingerprint density at radius 2 is 1.82 bits per heavy atom. The highest BCUT2D eigenvalue weighted by atomic mass is 16.2. The molecule has 1 amide bonds. The molecule has 2 aliphatic rings. The number of likely N-dealkylation sites (tertiary alicyclic amines) is 1. The van der Waals surface area contributed by atoms with E-state index in [9.17, 15) is 9.59 Å². The van der Waals surface area contributed by atoms with Crippen molar-refractivity contribution in [3.05, 3.63) is 27.2 Å². The summed E-state index contributed by atoms with van der Waals surface area (Å²) in [5, 5.41) is 6.61. The van der Waals surface area contributed by atoms with Crippen molar-refractivity contribution in [3.63, 3.8) is 0 Å². The minimum absolute atomic E-state index is 0.0930. The number of aryl methyl sites for hydroxylation is 1. The molecule has 2 unspecified atom stereocenters. The molecular formula is C17H25N3O2. The summed E-state index contributed by atoms with van der Waals surface area (Å²) >= 11 is 0. The van der Waals surface area contributed by atoms with Gasteiger partial charge in [0.25, 0.3) is 11.5 Å². The van der Waals surface area contributed by atoms with Crippen LogP contribution in [0.2, 0.25) is 0 Å². The number of aromatic amines is 1. The van der Waals surface area contributed by atoms with E-state index in [0.29, 0.717) is 23.8 Å². The van der Waals surface area contributed by atoms with Crippen molar-refractivity contribution in [2.75, 3.05) is 13.1 Å². The normalized spacial score (nSPS) is 24.4. The van der Waals surface area contributed by atoms with Gasteiger partial charge in [0.05, 0.1) is 5.69 Å². The average molecular weight is 303 g/mol. The number of carbonyl (C=O) groups excluding carboxylic acids is 1. The van der Waals surface area contributed by atoms with Gasteiger partial charge in [0.15, 0.2) is 0 Å². The first-order valence-corrected chi connectivity index (χ1v) is 8.55. The van der Waals surface area contributed by atoms with Crippen LogP contribution in [0.25, 0.3) is 0 Å². The van der Waals surface area contributed by atoms with E-state index in [2.05, 4.69) is 10.2 Å². The van der Waals surface area contributed by atoms with Crippen molar-refractivity contribution >= 4 is 5.91 Å². The third-order valence-electron chi connectivity index (χ3n) is 5.34. The first-order valence-electron chi connectivity index (χ1n) is 8.55. The van der Waals surface area contributed by atoms with E-state index in [0.717, 1.165) is 30.8 Å². The molecule has 2 atom stereocenters. The third-order valence-corrected chi connectivity index (χ3v) is 5.34. The molecule has 1 aromatic rings. The van der Waals surface area contributed by atoms with Crippen LogP contribution in [0.1, 0.15) is 61.1 Å². The van der Waals surface area contributed by atoms with Gasteiger partial charge in [0.2, 0.25) is 0 Å². The molecule has 0 bridgehead atoms. The molecule has 1 aliphatic carbocycles. The number of rotatable bonds is 3. The number of hydrogen-bond acceptors (Lipinski definition) is 3. The van der Waals surface area contributed by atoms with Gasteiger partial charge < -0.3 is 4.90 Å². The molecule has 0 radical (unpaired) electrons. The van der Waals surface area contributed by atoms with Crippen LogP contribution in [0.3, 0.4) is 0 Å². The van der Waals surface area contributed by atoms with Crippen LogP contribution in [-0.2, 0) is 12.8 Å². The Kier molecular flexibility index (Phi) is 4.32. The summed E-state index contributed by atoms with van der Waals surface area (Å²) in [6.07, 6.45) is 6.40.